The average Bonchev–Trinajstić information content (AvgIpc) is 2.82. The van der Waals surface area contributed by atoms with Crippen molar-refractivity contribution in [2.24, 2.45) is 11.3 Å². The molecule has 0 heterocycles. The zero-order chi connectivity index (χ0) is 23.9. The molecule has 0 aliphatic rings. The third kappa shape index (κ3) is 6.53. The average molecular weight is 444 g/mol. The lowest BCUT2D eigenvalue weighted by atomic mass is 9.70. The first-order valence-electron chi connectivity index (χ1n) is 11.7. The Morgan fingerprint density at radius 3 is 1.97 bits per heavy atom. The summed E-state index contributed by atoms with van der Waals surface area (Å²) in [6, 6.07) is 28.9. The van der Waals surface area contributed by atoms with Crippen molar-refractivity contribution in [3.8, 4) is 0 Å². The Morgan fingerprint density at radius 1 is 0.818 bits per heavy atom. The Kier molecular flexibility index (Phi) is 8.06. The summed E-state index contributed by atoms with van der Waals surface area (Å²) >= 11 is 0. The van der Waals surface area contributed by atoms with Crippen LogP contribution in [0.2, 0.25) is 0 Å². The Labute approximate surface area is 198 Å². The first kappa shape index (κ1) is 24.7. The predicted molar refractivity (Wildman–Crippen MR) is 138 cm³/mol. The number of anilines is 1. The van der Waals surface area contributed by atoms with E-state index < -0.39 is 5.41 Å². The lowest BCUT2D eigenvalue weighted by Gasteiger charge is -2.38. The monoisotopic (exact) mass is 443 g/mol. The van der Waals surface area contributed by atoms with Gasteiger partial charge in [-0.2, -0.15) is 0 Å². The smallest absolute Gasteiger partial charge is 0.232 e. The molecule has 3 aromatic rings. The fraction of sp³-hybridized carbons (Fsp3) is 0.345. The number of nitrogens with zero attached hydrogens (tertiary/aromatic N) is 1. The zero-order valence-electron chi connectivity index (χ0n) is 20.3. The summed E-state index contributed by atoms with van der Waals surface area (Å²) < 4.78 is 0. The van der Waals surface area contributed by atoms with E-state index in [4.69, 9.17) is 5.84 Å². The van der Waals surface area contributed by atoms with Crippen molar-refractivity contribution in [3.63, 3.8) is 0 Å². The molecule has 0 atom stereocenters. The molecule has 0 aromatic heterocycles. The molecule has 0 radical (unpaired) electrons. The van der Waals surface area contributed by atoms with Gasteiger partial charge < -0.3 is 4.90 Å². The quantitative estimate of drug-likeness (QED) is 0.316. The SMILES string of the molecule is CC(C)(CC(C)(C)c1ccccc1)C(=O)N(Cc1ccccc1)c1ccc(CCNN)cc1. The van der Waals surface area contributed by atoms with Gasteiger partial charge in [0.15, 0.2) is 0 Å². The van der Waals surface area contributed by atoms with Crippen molar-refractivity contribution in [3.05, 3.63) is 102 Å². The summed E-state index contributed by atoms with van der Waals surface area (Å²) in [6.45, 7) is 9.84. The van der Waals surface area contributed by atoms with Crippen LogP contribution in [0, 0.1) is 5.41 Å². The minimum atomic E-state index is -0.545. The van der Waals surface area contributed by atoms with Crippen molar-refractivity contribution in [2.75, 3.05) is 11.4 Å². The largest absolute Gasteiger partial charge is 0.308 e. The zero-order valence-corrected chi connectivity index (χ0v) is 20.3. The molecule has 0 saturated carbocycles. The Bertz CT molecular complexity index is 1010. The number of rotatable bonds is 10. The summed E-state index contributed by atoms with van der Waals surface area (Å²) in [6.07, 6.45) is 1.59. The molecule has 0 saturated heterocycles. The molecule has 1 amide bonds. The van der Waals surface area contributed by atoms with Crippen LogP contribution in [0.25, 0.3) is 0 Å². The summed E-state index contributed by atoms with van der Waals surface area (Å²) in [7, 11) is 0. The molecule has 3 aromatic carbocycles. The minimum Gasteiger partial charge on any atom is -0.308 e. The van der Waals surface area contributed by atoms with Gasteiger partial charge in [0.25, 0.3) is 0 Å². The van der Waals surface area contributed by atoms with Gasteiger partial charge in [0.1, 0.15) is 0 Å². The highest BCUT2D eigenvalue weighted by atomic mass is 16.2. The van der Waals surface area contributed by atoms with Crippen LogP contribution in [0.5, 0.6) is 0 Å². The van der Waals surface area contributed by atoms with Crippen LogP contribution < -0.4 is 16.2 Å². The van der Waals surface area contributed by atoms with Gasteiger partial charge in [-0.15, -0.1) is 0 Å². The number of benzene rings is 3. The van der Waals surface area contributed by atoms with E-state index in [1.54, 1.807) is 0 Å². The molecule has 4 heteroatoms. The van der Waals surface area contributed by atoms with Gasteiger partial charge in [0, 0.05) is 17.6 Å². The number of hydrogen-bond donors (Lipinski definition) is 2. The Morgan fingerprint density at radius 2 is 1.39 bits per heavy atom. The maximum absolute atomic E-state index is 14.0. The van der Waals surface area contributed by atoms with E-state index in [1.807, 2.05) is 41.3 Å². The maximum Gasteiger partial charge on any atom is 0.232 e. The molecule has 0 spiro atoms. The Balaban J connectivity index is 1.89. The standard InChI is InChI=1S/C29H37N3O/c1-28(2,25-13-9-6-10-14-25)22-29(3,4)27(33)32(21-24-11-7-5-8-12-24)26-17-15-23(16-18-26)19-20-31-30/h5-18,31H,19-22,30H2,1-4H3. The molecule has 0 fully saturated rings. The number of hydrogen-bond acceptors (Lipinski definition) is 3. The molecular formula is C29H37N3O. The molecule has 0 unspecified atom stereocenters. The third-order valence-electron chi connectivity index (χ3n) is 6.25. The first-order chi connectivity index (χ1) is 15.7. The summed E-state index contributed by atoms with van der Waals surface area (Å²) in [5.74, 6) is 5.55. The van der Waals surface area contributed by atoms with Crippen molar-refractivity contribution in [1.29, 1.82) is 0 Å². The summed E-state index contributed by atoms with van der Waals surface area (Å²) in [5, 5.41) is 0. The fourth-order valence-electron chi connectivity index (χ4n) is 4.64. The topological polar surface area (TPSA) is 58.4 Å². The van der Waals surface area contributed by atoms with E-state index in [0.717, 1.165) is 24.1 Å². The van der Waals surface area contributed by atoms with E-state index in [0.29, 0.717) is 13.1 Å². The van der Waals surface area contributed by atoms with Crippen LogP contribution in [-0.2, 0) is 23.2 Å². The van der Waals surface area contributed by atoms with E-state index in [1.165, 1.54) is 11.1 Å². The van der Waals surface area contributed by atoms with Gasteiger partial charge in [-0.3, -0.25) is 16.1 Å². The molecular weight excluding hydrogens is 406 g/mol. The van der Waals surface area contributed by atoms with Crippen molar-refractivity contribution in [1.82, 2.24) is 5.43 Å². The van der Waals surface area contributed by atoms with Crippen LogP contribution in [0.3, 0.4) is 0 Å². The van der Waals surface area contributed by atoms with Gasteiger partial charge in [-0.05, 0) is 47.1 Å². The molecule has 3 rings (SSSR count). The van der Waals surface area contributed by atoms with Crippen molar-refractivity contribution < 1.29 is 4.79 Å². The van der Waals surface area contributed by atoms with Gasteiger partial charge in [-0.1, -0.05) is 100 Å². The minimum absolute atomic E-state index is 0.127. The highest BCUT2D eigenvalue weighted by Crippen LogP contribution is 2.39. The summed E-state index contributed by atoms with van der Waals surface area (Å²) in [4.78, 5) is 16.0. The van der Waals surface area contributed by atoms with Crippen LogP contribution in [0.4, 0.5) is 5.69 Å². The number of carbonyl (C=O) groups excluding carboxylic acids is 1. The van der Waals surface area contributed by atoms with Crippen LogP contribution in [-0.4, -0.2) is 12.5 Å². The second kappa shape index (κ2) is 10.8. The number of nitrogens with one attached hydrogen (secondary N) is 1. The van der Waals surface area contributed by atoms with E-state index >= 15 is 0 Å². The first-order valence-corrected chi connectivity index (χ1v) is 11.7. The van der Waals surface area contributed by atoms with Crippen LogP contribution >= 0.6 is 0 Å². The van der Waals surface area contributed by atoms with Crippen LogP contribution in [0.1, 0.15) is 50.8 Å². The van der Waals surface area contributed by atoms with Crippen molar-refractivity contribution in [2.45, 2.75) is 52.5 Å². The van der Waals surface area contributed by atoms with Crippen molar-refractivity contribution >= 4 is 11.6 Å². The normalized spacial score (nSPS) is 11.9. The highest BCUT2D eigenvalue weighted by molar-refractivity contribution is 5.97. The Hall–Kier alpha value is -2.95. The molecule has 33 heavy (non-hydrogen) atoms. The second-order valence-electron chi connectivity index (χ2n) is 10.1. The fourth-order valence-corrected chi connectivity index (χ4v) is 4.64. The molecule has 0 bridgehead atoms. The van der Waals surface area contributed by atoms with Crippen LogP contribution in [0.15, 0.2) is 84.9 Å². The lowest BCUT2D eigenvalue weighted by Crippen LogP contribution is -2.43. The number of amides is 1. The molecule has 174 valence electrons. The molecule has 3 N–H and O–H groups in total. The summed E-state index contributed by atoms with van der Waals surface area (Å²) in [5.41, 5.74) is 6.49. The number of hydrazine groups is 1. The predicted octanol–water partition coefficient (Wildman–Crippen LogP) is 5.62. The van der Waals surface area contributed by atoms with E-state index in [9.17, 15) is 4.79 Å². The van der Waals surface area contributed by atoms with Gasteiger partial charge in [0.2, 0.25) is 5.91 Å². The highest BCUT2D eigenvalue weighted by Gasteiger charge is 2.38. The number of nitrogens with two attached hydrogens (primary N) is 1. The van der Waals surface area contributed by atoms with Gasteiger partial charge in [0.05, 0.1) is 6.54 Å². The van der Waals surface area contributed by atoms with E-state index in [-0.39, 0.29) is 11.3 Å². The molecule has 0 aliphatic carbocycles. The lowest BCUT2D eigenvalue weighted by molar-refractivity contribution is -0.127. The van der Waals surface area contributed by atoms with Gasteiger partial charge >= 0.3 is 0 Å². The number of carbonyl (C=O) groups is 1. The van der Waals surface area contributed by atoms with Gasteiger partial charge in [-0.25, -0.2) is 0 Å². The van der Waals surface area contributed by atoms with E-state index in [2.05, 4.69) is 81.7 Å². The second-order valence-corrected chi connectivity index (χ2v) is 10.1. The third-order valence-corrected chi connectivity index (χ3v) is 6.25. The molecule has 0 aliphatic heterocycles. The molecule has 4 nitrogen and oxygen atoms in total. The maximum atomic E-state index is 14.0.